The quantitative estimate of drug-likeness (QED) is 0.348. The van der Waals surface area contributed by atoms with Crippen molar-refractivity contribution in [1.29, 1.82) is 0 Å². The molecule has 0 aliphatic carbocycles. The Bertz CT molecular complexity index is 1220. The molecule has 0 aliphatic rings. The minimum absolute atomic E-state index is 0.0471. The molecule has 0 saturated heterocycles. The number of hydrogen-bond donors (Lipinski definition) is 3. The lowest BCUT2D eigenvalue weighted by Crippen LogP contribution is -2.23. The van der Waals surface area contributed by atoms with E-state index in [1.54, 1.807) is 12.1 Å². The van der Waals surface area contributed by atoms with E-state index in [0.29, 0.717) is 11.3 Å². The molecule has 0 saturated carbocycles. The molecule has 148 valence electrons. The predicted molar refractivity (Wildman–Crippen MR) is 99.8 cm³/mol. The number of ether oxygens (including phenoxy) is 1. The van der Waals surface area contributed by atoms with E-state index in [4.69, 9.17) is 9.94 Å². The highest BCUT2D eigenvalue weighted by Crippen LogP contribution is 2.41. The first-order valence-corrected chi connectivity index (χ1v) is 8.44. The molecule has 4 aromatic rings. The van der Waals surface area contributed by atoms with Crippen molar-refractivity contribution in [3.8, 4) is 17.0 Å². The maximum Gasteiger partial charge on any atom is 0.417 e. The zero-order chi connectivity index (χ0) is 20.8. The van der Waals surface area contributed by atoms with Crippen LogP contribution in [-0.4, -0.2) is 28.2 Å². The van der Waals surface area contributed by atoms with Crippen LogP contribution in [-0.2, 0) is 6.18 Å². The number of nitrogens with one attached hydrogen (secondary N) is 2. The summed E-state index contributed by atoms with van der Waals surface area (Å²) in [5, 5.41) is 9.42. The number of fused-ring (bicyclic) bond motifs is 2. The molecule has 3 N–H and O–H groups in total. The molecule has 2 aromatic carbocycles. The summed E-state index contributed by atoms with van der Waals surface area (Å²) in [6.07, 6.45) is -4.10. The number of aromatic amines is 1. The highest BCUT2D eigenvalue weighted by Gasteiger charge is 2.38. The number of rotatable bonds is 3. The smallest absolute Gasteiger partial charge is 0.417 e. The van der Waals surface area contributed by atoms with Crippen molar-refractivity contribution < 1.29 is 27.9 Å². The molecule has 1 amide bonds. The summed E-state index contributed by atoms with van der Waals surface area (Å²) in [6.45, 7) is 0. The summed E-state index contributed by atoms with van der Waals surface area (Å²) >= 11 is 0. The van der Waals surface area contributed by atoms with Gasteiger partial charge in [0, 0.05) is 33.7 Å². The molecule has 6 nitrogen and oxygen atoms in total. The van der Waals surface area contributed by atoms with Crippen LogP contribution in [0.25, 0.3) is 33.1 Å². The predicted octanol–water partition coefficient (Wildman–Crippen LogP) is 4.53. The second kappa shape index (κ2) is 6.78. The topological polar surface area (TPSA) is 87.2 Å². The molecule has 9 heteroatoms. The number of halogens is 3. The Hall–Kier alpha value is -3.59. The van der Waals surface area contributed by atoms with Crippen molar-refractivity contribution in [2.24, 2.45) is 0 Å². The van der Waals surface area contributed by atoms with Gasteiger partial charge >= 0.3 is 6.18 Å². The Morgan fingerprint density at radius 3 is 2.62 bits per heavy atom. The molecule has 0 fully saturated rings. The Morgan fingerprint density at radius 2 is 1.97 bits per heavy atom. The molecule has 0 radical (unpaired) electrons. The van der Waals surface area contributed by atoms with Gasteiger partial charge in [-0.05, 0) is 24.3 Å². The fourth-order valence-electron chi connectivity index (χ4n) is 3.35. The zero-order valence-electron chi connectivity index (χ0n) is 15.0. The molecular weight excluding hydrogens is 387 g/mol. The molecule has 2 aromatic heterocycles. The highest BCUT2D eigenvalue weighted by molar-refractivity contribution is 6.02. The summed E-state index contributed by atoms with van der Waals surface area (Å²) in [7, 11) is 1.33. The van der Waals surface area contributed by atoms with Gasteiger partial charge in [-0.15, -0.1) is 0 Å². The van der Waals surface area contributed by atoms with Gasteiger partial charge in [0.25, 0.3) is 5.91 Å². The summed E-state index contributed by atoms with van der Waals surface area (Å²) in [5.41, 5.74) is 1.03. The van der Waals surface area contributed by atoms with E-state index in [-0.39, 0.29) is 16.7 Å². The van der Waals surface area contributed by atoms with Crippen LogP contribution < -0.4 is 10.2 Å². The van der Waals surface area contributed by atoms with Crippen LogP contribution in [0.15, 0.2) is 48.7 Å². The third-order valence-corrected chi connectivity index (χ3v) is 4.63. The number of carbonyl (C=O) groups excluding carboxylic acids is 1. The molecule has 4 rings (SSSR count). The average Bonchev–Trinajstić information content (AvgIpc) is 3.14. The molecule has 0 spiro atoms. The summed E-state index contributed by atoms with van der Waals surface area (Å²) in [6, 6.07) is 12.1. The number of amides is 1. The van der Waals surface area contributed by atoms with E-state index in [1.807, 2.05) is 24.3 Å². The summed E-state index contributed by atoms with van der Waals surface area (Å²) in [5.74, 6) is -1.18. The van der Waals surface area contributed by atoms with Gasteiger partial charge in [-0.3, -0.25) is 15.0 Å². The first-order valence-electron chi connectivity index (χ1n) is 8.44. The number of pyridine rings is 1. The van der Waals surface area contributed by atoms with E-state index < -0.39 is 23.2 Å². The van der Waals surface area contributed by atoms with E-state index in [2.05, 4.69) is 9.97 Å². The molecule has 0 aliphatic heterocycles. The third kappa shape index (κ3) is 3.15. The molecule has 2 heterocycles. The van der Waals surface area contributed by atoms with Crippen molar-refractivity contribution in [2.75, 3.05) is 7.11 Å². The van der Waals surface area contributed by atoms with E-state index in [1.165, 1.54) is 18.7 Å². The lowest BCUT2D eigenvalue weighted by molar-refractivity contribution is -0.136. The number of methoxy groups -OCH3 is 1. The van der Waals surface area contributed by atoms with E-state index in [0.717, 1.165) is 17.1 Å². The van der Waals surface area contributed by atoms with Gasteiger partial charge in [0.1, 0.15) is 11.3 Å². The standard InChI is InChI=1S/C20H14F3N3O3/c1-29-16-8-11(15-7-10-4-2-3-5-14(10)25-15)6-12-17(20(21,22)23)13(19(27)26-28)9-24-18(12)16/h2-9,25,28H,1H3,(H,26,27). The van der Waals surface area contributed by atoms with Crippen LogP contribution in [0.5, 0.6) is 5.75 Å². The number of aromatic nitrogens is 2. The minimum Gasteiger partial charge on any atom is -0.494 e. The average molecular weight is 401 g/mol. The highest BCUT2D eigenvalue weighted by atomic mass is 19.4. The third-order valence-electron chi connectivity index (χ3n) is 4.63. The van der Waals surface area contributed by atoms with E-state index >= 15 is 0 Å². The number of para-hydroxylation sites is 1. The van der Waals surface area contributed by atoms with Crippen LogP contribution in [0.2, 0.25) is 0 Å². The van der Waals surface area contributed by atoms with Gasteiger partial charge in [-0.2, -0.15) is 13.2 Å². The van der Waals surface area contributed by atoms with Crippen molar-refractivity contribution >= 4 is 27.7 Å². The number of hydroxylamine groups is 1. The second-order valence-electron chi connectivity index (χ2n) is 6.33. The minimum atomic E-state index is -4.87. The van der Waals surface area contributed by atoms with Crippen molar-refractivity contribution in [3.05, 3.63) is 59.8 Å². The van der Waals surface area contributed by atoms with Crippen molar-refractivity contribution in [3.63, 3.8) is 0 Å². The number of nitrogens with zero attached hydrogens (tertiary/aromatic N) is 1. The van der Waals surface area contributed by atoms with Crippen LogP contribution in [0, 0.1) is 0 Å². The van der Waals surface area contributed by atoms with Crippen LogP contribution in [0.1, 0.15) is 15.9 Å². The Balaban J connectivity index is 2.06. The first kappa shape index (κ1) is 18.8. The second-order valence-corrected chi connectivity index (χ2v) is 6.33. The van der Waals surface area contributed by atoms with Crippen molar-refractivity contribution in [1.82, 2.24) is 15.4 Å². The molecule has 0 atom stereocenters. The maximum absolute atomic E-state index is 13.9. The van der Waals surface area contributed by atoms with Gasteiger partial charge in [-0.25, -0.2) is 5.48 Å². The maximum atomic E-state index is 13.9. The monoisotopic (exact) mass is 401 g/mol. The molecule has 0 bridgehead atoms. The number of H-pyrrole nitrogens is 1. The number of carbonyl (C=O) groups is 1. The Kier molecular flexibility index (Phi) is 4.39. The lowest BCUT2D eigenvalue weighted by Gasteiger charge is -2.16. The van der Waals surface area contributed by atoms with Gasteiger partial charge in [0.05, 0.1) is 18.2 Å². The molecule has 29 heavy (non-hydrogen) atoms. The normalized spacial score (nSPS) is 11.8. The molecule has 0 unspecified atom stereocenters. The Labute approximate surface area is 161 Å². The summed E-state index contributed by atoms with van der Waals surface area (Å²) < 4.78 is 46.9. The molecular formula is C20H14F3N3O3. The number of hydrogen-bond acceptors (Lipinski definition) is 4. The van der Waals surface area contributed by atoms with E-state index in [9.17, 15) is 18.0 Å². The lowest BCUT2D eigenvalue weighted by atomic mass is 9.99. The van der Waals surface area contributed by atoms with Gasteiger partial charge < -0.3 is 9.72 Å². The Morgan fingerprint density at radius 1 is 1.21 bits per heavy atom. The fourth-order valence-corrected chi connectivity index (χ4v) is 3.35. The van der Waals surface area contributed by atoms with Gasteiger partial charge in [0.15, 0.2) is 0 Å². The largest absolute Gasteiger partial charge is 0.494 e. The van der Waals surface area contributed by atoms with Crippen molar-refractivity contribution in [2.45, 2.75) is 6.18 Å². The van der Waals surface area contributed by atoms with Crippen LogP contribution >= 0.6 is 0 Å². The first-order chi connectivity index (χ1) is 13.8. The zero-order valence-corrected chi connectivity index (χ0v) is 15.0. The fraction of sp³-hybridized carbons (Fsp3) is 0.100. The SMILES string of the molecule is COc1cc(-c2cc3ccccc3[nH]2)cc2c(C(F)(F)F)c(C(=O)NO)cnc12. The van der Waals surface area contributed by atoms with Crippen LogP contribution in [0.4, 0.5) is 13.2 Å². The number of benzene rings is 2. The van der Waals surface area contributed by atoms with Crippen LogP contribution in [0.3, 0.4) is 0 Å². The summed E-state index contributed by atoms with van der Waals surface area (Å²) in [4.78, 5) is 18.9. The van der Waals surface area contributed by atoms with Gasteiger partial charge in [0.2, 0.25) is 0 Å². The number of alkyl halides is 3. The van der Waals surface area contributed by atoms with Gasteiger partial charge in [-0.1, -0.05) is 18.2 Å².